The molecule has 1 aliphatic heterocycles. The van der Waals surface area contributed by atoms with Crippen LogP contribution in [-0.2, 0) is 6.18 Å². The average Bonchev–Trinajstić information content (AvgIpc) is 2.14. The summed E-state index contributed by atoms with van der Waals surface area (Å²) in [7, 11) is 0. The minimum absolute atomic E-state index is 0. The number of Topliss-reactive ketones (excluding diaryl/α,β-unsaturated/α-hetero) is 1. The number of halogens is 4. The summed E-state index contributed by atoms with van der Waals surface area (Å²) >= 11 is 0. The normalized spacial score (nSPS) is 15.9. The van der Waals surface area contributed by atoms with Crippen molar-refractivity contribution in [3.05, 3.63) is 35.4 Å². The Labute approximate surface area is 103 Å². The molecule has 0 spiro atoms. The molecule has 17 heavy (non-hydrogen) atoms. The van der Waals surface area contributed by atoms with E-state index >= 15 is 0 Å². The summed E-state index contributed by atoms with van der Waals surface area (Å²) in [6.07, 6.45) is -4.35. The topological polar surface area (TPSA) is 29.1 Å². The number of hydrogen-bond donors (Lipinski definition) is 1. The monoisotopic (exact) mass is 265 g/mol. The van der Waals surface area contributed by atoms with Crippen LogP contribution < -0.4 is 5.32 Å². The van der Waals surface area contributed by atoms with Crippen LogP contribution in [0.25, 0.3) is 0 Å². The van der Waals surface area contributed by atoms with Crippen LogP contribution in [0.1, 0.15) is 15.9 Å². The molecule has 6 heteroatoms. The van der Waals surface area contributed by atoms with E-state index in [9.17, 15) is 18.0 Å². The van der Waals surface area contributed by atoms with Crippen LogP contribution in [0.4, 0.5) is 13.2 Å². The van der Waals surface area contributed by atoms with Crippen LogP contribution in [0.5, 0.6) is 0 Å². The van der Waals surface area contributed by atoms with E-state index in [0.29, 0.717) is 18.7 Å². The van der Waals surface area contributed by atoms with Crippen LogP contribution >= 0.6 is 12.4 Å². The van der Waals surface area contributed by atoms with Gasteiger partial charge in [0.2, 0.25) is 0 Å². The molecule has 0 aromatic heterocycles. The smallest absolute Gasteiger partial charge is 0.315 e. The van der Waals surface area contributed by atoms with Crippen molar-refractivity contribution < 1.29 is 18.0 Å². The van der Waals surface area contributed by atoms with Gasteiger partial charge in [-0.2, -0.15) is 13.2 Å². The molecular weight excluding hydrogens is 255 g/mol. The minimum atomic E-state index is -4.35. The standard InChI is InChI=1S/C11H10F3NO.ClH/c12-11(13,14)9-3-1-7(2-4-9)10(16)8-5-15-6-8;/h1-4,8,15H,5-6H2;1H. The number of carbonyl (C=O) groups is 1. The first-order chi connectivity index (χ1) is 7.48. The van der Waals surface area contributed by atoms with E-state index in [1.54, 1.807) is 0 Å². The van der Waals surface area contributed by atoms with E-state index in [1.807, 2.05) is 0 Å². The van der Waals surface area contributed by atoms with Crippen molar-refractivity contribution in [1.29, 1.82) is 0 Å². The number of nitrogens with one attached hydrogen (secondary N) is 1. The maximum absolute atomic E-state index is 12.3. The molecule has 1 heterocycles. The molecule has 0 bridgehead atoms. The SMILES string of the molecule is Cl.O=C(c1ccc(C(F)(F)F)cc1)C1CNC1. The predicted molar refractivity (Wildman–Crippen MR) is 59.4 cm³/mol. The lowest BCUT2D eigenvalue weighted by molar-refractivity contribution is -0.137. The summed E-state index contributed by atoms with van der Waals surface area (Å²) in [5.74, 6) is -0.177. The second-order valence-corrected chi connectivity index (χ2v) is 3.79. The van der Waals surface area contributed by atoms with Gasteiger partial charge in [0, 0.05) is 24.6 Å². The van der Waals surface area contributed by atoms with Crippen LogP contribution in [0.3, 0.4) is 0 Å². The molecule has 2 nitrogen and oxygen atoms in total. The van der Waals surface area contributed by atoms with E-state index in [-0.39, 0.29) is 24.1 Å². The second kappa shape index (κ2) is 5.06. The second-order valence-electron chi connectivity index (χ2n) is 3.79. The number of hydrogen-bond acceptors (Lipinski definition) is 2. The Kier molecular flexibility index (Phi) is 4.16. The zero-order valence-electron chi connectivity index (χ0n) is 8.75. The third kappa shape index (κ3) is 2.98. The molecule has 94 valence electrons. The summed E-state index contributed by atoms with van der Waals surface area (Å²) < 4.78 is 36.8. The molecule has 1 fully saturated rings. The van der Waals surface area contributed by atoms with Crippen molar-refractivity contribution in [2.24, 2.45) is 5.92 Å². The molecule has 0 unspecified atom stereocenters. The van der Waals surface area contributed by atoms with Crippen LogP contribution in [0.15, 0.2) is 24.3 Å². The fourth-order valence-corrected chi connectivity index (χ4v) is 1.53. The molecule has 0 atom stereocenters. The summed E-state index contributed by atoms with van der Waals surface area (Å²) in [5.41, 5.74) is -0.379. The highest BCUT2D eigenvalue weighted by atomic mass is 35.5. The number of rotatable bonds is 2. The van der Waals surface area contributed by atoms with Crippen molar-refractivity contribution in [1.82, 2.24) is 5.32 Å². The van der Waals surface area contributed by atoms with E-state index in [0.717, 1.165) is 12.1 Å². The van der Waals surface area contributed by atoms with Gasteiger partial charge in [-0.05, 0) is 12.1 Å². The predicted octanol–water partition coefficient (Wildman–Crippen LogP) is 2.53. The lowest BCUT2D eigenvalue weighted by Crippen LogP contribution is -2.46. The Bertz CT molecular complexity index is 398. The number of alkyl halides is 3. The maximum Gasteiger partial charge on any atom is 0.416 e. The first-order valence-electron chi connectivity index (χ1n) is 4.90. The third-order valence-electron chi connectivity index (χ3n) is 2.65. The fraction of sp³-hybridized carbons (Fsp3) is 0.364. The number of benzene rings is 1. The van der Waals surface area contributed by atoms with Crippen molar-refractivity contribution in [2.75, 3.05) is 13.1 Å². The van der Waals surface area contributed by atoms with E-state index in [1.165, 1.54) is 12.1 Å². The van der Waals surface area contributed by atoms with E-state index in [2.05, 4.69) is 5.32 Å². The Balaban J connectivity index is 0.00000144. The van der Waals surface area contributed by atoms with Gasteiger partial charge in [-0.1, -0.05) is 12.1 Å². The van der Waals surface area contributed by atoms with E-state index in [4.69, 9.17) is 0 Å². The first-order valence-corrected chi connectivity index (χ1v) is 4.90. The average molecular weight is 266 g/mol. The molecular formula is C11H11ClF3NO. The minimum Gasteiger partial charge on any atom is -0.315 e. The first kappa shape index (κ1) is 14.0. The lowest BCUT2D eigenvalue weighted by atomic mass is 9.92. The molecule has 1 N–H and O–H groups in total. The van der Waals surface area contributed by atoms with Crippen molar-refractivity contribution in [3.63, 3.8) is 0 Å². The van der Waals surface area contributed by atoms with Crippen LogP contribution in [0.2, 0.25) is 0 Å². The number of carbonyl (C=O) groups excluding carboxylic acids is 1. The molecule has 2 rings (SSSR count). The molecule has 0 radical (unpaired) electrons. The zero-order chi connectivity index (χ0) is 11.8. The third-order valence-corrected chi connectivity index (χ3v) is 2.65. The van der Waals surface area contributed by atoms with Gasteiger partial charge in [0.25, 0.3) is 0 Å². The van der Waals surface area contributed by atoms with Crippen LogP contribution in [-0.4, -0.2) is 18.9 Å². The lowest BCUT2D eigenvalue weighted by Gasteiger charge is -2.25. The fourth-order valence-electron chi connectivity index (χ4n) is 1.53. The largest absolute Gasteiger partial charge is 0.416 e. The Morgan fingerprint density at radius 3 is 2.06 bits per heavy atom. The zero-order valence-corrected chi connectivity index (χ0v) is 9.57. The summed E-state index contributed by atoms with van der Waals surface area (Å²) in [5, 5.41) is 2.95. The van der Waals surface area contributed by atoms with Gasteiger partial charge in [-0.25, -0.2) is 0 Å². The van der Waals surface area contributed by atoms with Gasteiger partial charge in [-0.3, -0.25) is 4.79 Å². The molecule has 1 saturated heterocycles. The van der Waals surface area contributed by atoms with Gasteiger partial charge < -0.3 is 5.32 Å². The summed E-state index contributed by atoms with van der Waals surface area (Å²) in [6.45, 7) is 1.22. The maximum atomic E-state index is 12.3. The van der Waals surface area contributed by atoms with Crippen molar-refractivity contribution in [3.8, 4) is 0 Å². The van der Waals surface area contributed by atoms with E-state index < -0.39 is 11.7 Å². The van der Waals surface area contributed by atoms with Crippen molar-refractivity contribution >= 4 is 18.2 Å². The molecule has 0 amide bonds. The van der Waals surface area contributed by atoms with Gasteiger partial charge in [0.15, 0.2) is 5.78 Å². The molecule has 0 aliphatic carbocycles. The quantitative estimate of drug-likeness (QED) is 0.833. The highest BCUT2D eigenvalue weighted by Gasteiger charge is 2.31. The molecule has 1 aromatic carbocycles. The summed E-state index contributed by atoms with van der Waals surface area (Å²) in [6, 6.07) is 4.37. The van der Waals surface area contributed by atoms with Gasteiger partial charge >= 0.3 is 6.18 Å². The van der Waals surface area contributed by atoms with Gasteiger partial charge in [0.05, 0.1) is 5.56 Å². The van der Waals surface area contributed by atoms with Gasteiger partial charge in [0.1, 0.15) is 0 Å². The molecule has 0 saturated carbocycles. The highest BCUT2D eigenvalue weighted by Crippen LogP contribution is 2.29. The Morgan fingerprint density at radius 2 is 1.71 bits per heavy atom. The highest BCUT2D eigenvalue weighted by molar-refractivity contribution is 5.98. The Morgan fingerprint density at radius 1 is 1.18 bits per heavy atom. The summed E-state index contributed by atoms with van der Waals surface area (Å²) in [4.78, 5) is 11.7. The molecule has 1 aromatic rings. The van der Waals surface area contributed by atoms with Crippen molar-refractivity contribution in [2.45, 2.75) is 6.18 Å². The Hall–Kier alpha value is -1.07. The number of ketones is 1. The van der Waals surface area contributed by atoms with Crippen LogP contribution in [0, 0.1) is 5.92 Å². The molecule has 1 aliphatic rings. The van der Waals surface area contributed by atoms with Gasteiger partial charge in [-0.15, -0.1) is 12.4 Å².